The number of nitrogens with one attached hydrogen (secondary N) is 2. The lowest BCUT2D eigenvalue weighted by molar-refractivity contribution is 0.198. The molecule has 0 aliphatic heterocycles. The van der Waals surface area contributed by atoms with Gasteiger partial charge in [-0.25, -0.2) is 13.1 Å². The van der Waals surface area contributed by atoms with Gasteiger partial charge in [-0.3, -0.25) is 0 Å². The molecule has 2 atom stereocenters. The Kier molecular flexibility index (Phi) is 4.62. The topological polar surface area (TPSA) is 80.6 Å². The number of methoxy groups -OCH3 is 1. The Morgan fingerprint density at radius 3 is 2.84 bits per heavy atom. The fraction of sp³-hybridized carbons (Fsp3) is 0.667. The van der Waals surface area contributed by atoms with Crippen LogP contribution in [0.25, 0.3) is 0 Å². The smallest absolute Gasteiger partial charge is 0.274 e. The lowest BCUT2D eigenvalue weighted by Crippen LogP contribution is -2.26. The van der Waals surface area contributed by atoms with Crippen molar-refractivity contribution in [2.75, 3.05) is 20.3 Å². The van der Waals surface area contributed by atoms with Crippen LogP contribution in [0, 0.1) is 5.92 Å². The third kappa shape index (κ3) is 4.04. The van der Waals surface area contributed by atoms with E-state index in [0.29, 0.717) is 31.4 Å². The van der Waals surface area contributed by atoms with E-state index in [4.69, 9.17) is 9.15 Å². The first kappa shape index (κ1) is 14.5. The SMILES string of the molecule is COCCNCc1ccc(S(=O)(=O)NC2CC2C)o1. The normalized spacial score (nSPS) is 22.6. The monoisotopic (exact) mass is 288 g/mol. The Labute approximate surface area is 113 Å². The highest BCUT2D eigenvalue weighted by atomic mass is 32.2. The molecule has 108 valence electrons. The van der Waals surface area contributed by atoms with Crippen molar-refractivity contribution >= 4 is 10.0 Å². The molecule has 0 spiro atoms. The molecule has 0 bridgehead atoms. The van der Waals surface area contributed by atoms with Crippen molar-refractivity contribution < 1.29 is 17.6 Å². The zero-order valence-electron chi connectivity index (χ0n) is 11.2. The molecule has 2 unspecified atom stereocenters. The second kappa shape index (κ2) is 6.04. The fourth-order valence-electron chi connectivity index (χ4n) is 1.73. The van der Waals surface area contributed by atoms with Crippen molar-refractivity contribution in [3.8, 4) is 0 Å². The van der Waals surface area contributed by atoms with E-state index in [1.54, 1.807) is 13.2 Å². The molecule has 7 heteroatoms. The van der Waals surface area contributed by atoms with Gasteiger partial charge >= 0.3 is 0 Å². The number of sulfonamides is 1. The summed E-state index contributed by atoms with van der Waals surface area (Å²) < 4.78 is 36.8. The minimum Gasteiger partial charge on any atom is -0.447 e. The van der Waals surface area contributed by atoms with Crippen molar-refractivity contribution in [1.82, 2.24) is 10.0 Å². The summed E-state index contributed by atoms with van der Waals surface area (Å²) in [6, 6.07) is 3.21. The van der Waals surface area contributed by atoms with Crippen LogP contribution in [-0.2, 0) is 21.3 Å². The maximum absolute atomic E-state index is 12.0. The van der Waals surface area contributed by atoms with Crippen LogP contribution in [0.5, 0.6) is 0 Å². The van der Waals surface area contributed by atoms with E-state index in [9.17, 15) is 8.42 Å². The van der Waals surface area contributed by atoms with E-state index >= 15 is 0 Å². The summed E-state index contributed by atoms with van der Waals surface area (Å²) in [6.45, 7) is 3.79. The summed E-state index contributed by atoms with van der Waals surface area (Å²) in [6.07, 6.45) is 0.894. The van der Waals surface area contributed by atoms with Crippen molar-refractivity contribution in [3.05, 3.63) is 17.9 Å². The zero-order chi connectivity index (χ0) is 13.9. The molecule has 1 fully saturated rings. The highest BCUT2D eigenvalue weighted by molar-refractivity contribution is 7.89. The summed E-state index contributed by atoms with van der Waals surface area (Å²) in [4.78, 5) is 0. The summed E-state index contributed by atoms with van der Waals surface area (Å²) in [5.74, 6) is 1.01. The van der Waals surface area contributed by atoms with E-state index in [0.717, 1.165) is 6.42 Å². The molecule has 1 aromatic heterocycles. The molecule has 1 aliphatic carbocycles. The first-order valence-electron chi connectivity index (χ1n) is 6.33. The molecule has 6 nitrogen and oxygen atoms in total. The number of rotatable bonds is 8. The van der Waals surface area contributed by atoms with Crippen LogP contribution in [0.4, 0.5) is 0 Å². The summed E-state index contributed by atoms with van der Waals surface area (Å²) in [5.41, 5.74) is 0. The molecular weight excluding hydrogens is 268 g/mol. The zero-order valence-corrected chi connectivity index (χ0v) is 12.0. The minimum absolute atomic E-state index is 0.0184. The number of hydrogen-bond acceptors (Lipinski definition) is 5. The van der Waals surface area contributed by atoms with Crippen molar-refractivity contribution in [2.45, 2.75) is 31.0 Å². The van der Waals surface area contributed by atoms with Gasteiger partial charge < -0.3 is 14.5 Å². The average Bonchev–Trinajstić information content (AvgIpc) is 2.86. The second-order valence-electron chi connectivity index (χ2n) is 4.83. The van der Waals surface area contributed by atoms with Gasteiger partial charge in [0.2, 0.25) is 5.09 Å². The predicted octanol–water partition coefficient (Wildman–Crippen LogP) is 0.702. The van der Waals surface area contributed by atoms with E-state index in [1.807, 2.05) is 6.92 Å². The molecule has 0 aromatic carbocycles. The van der Waals surface area contributed by atoms with Crippen LogP contribution in [0.3, 0.4) is 0 Å². The van der Waals surface area contributed by atoms with Crippen LogP contribution in [0.1, 0.15) is 19.1 Å². The molecule has 1 aromatic rings. The predicted molar refractivity (Wildman–Crippen MR) is 70.2 cm³/mol. The Morgan fingerprint density at radius 2 is 2.21 bits per heavy atom. The number of hydrogen-bond donors (Lipinski definition) is 2. The quantitative estimate of drug-likeness (QED) is 0.688. The lowest BCUT2D eigenvalue weighted by atomic mass is 10.4. The third-order valence-corrected chi connectivity index (χ3v) is 4.46. The van der Waals surface area contributed by atoms with Crippen LogP contribution in [-0.4, -0.2) is 34.7 Å². The lowest BCUT2D eigenvalue weighted by Gasteiger charge is -2.03. The van der Waals surface area contributed by atoms with Gasteiger partial charge in [0.15, 0.2) is 0 Å². The van der Waals surface area contributed by atoms with Gasteiger partial charge in [-0.15, -0.1) is 0 Å². The van der Waals surface area contributed by atoms with Gasteiger partial charge in [0.25, 0.3) is 10.0 Å². The highest BCUT2D eigenvalue weighted by Crippen LogP contribution is 2.30. The number of ether oxygens (including phenoxy) is 1. The van der Waals surface area contributed by atoms with Crippen LogP contribution in [0.15, 0.2) is 21.6 Å². The fourth-order valence-corrected chi connectivity index (χ4v) is 3.03. The Balaban J connectivity index is 1.88. The highest BCUT2D eigenvalue weighted by Gasteiger charge is 2.37. The van der Waals surface area contributed by atoms with Gasteiger partial charge in [0.05, 0.1) is 13.2 Å². The maximum Gasteiger partial charge on any atom is 0.274 e. The molecule has 2 N–H and O–H groups in total. The van der Waals surface area contributed by atoms with Gasteiger partial charge in [0, 0.05) is 19.7 Å². The van der Waals surface area contributed by atoms with Gasteiger partial charge in [0.1, 0.15) is 5.76 Å². The van der Waals surface area contributed by atoms with E-state index in [1.165, 1.54) is 6.07 Å². The van der Waals surface area contributed by atoms with E-state index in [2.05, 4.69) is 10.0 Å². The first-order valence-corrected chi connectivity index (χ1v) is 7.82. The van der Waals surface area contributed by atoms with Crippen molar-refractivity contribution in [1.29, 1.82) is 0 Å². The van der Waals surface area contributed by atoms with E-state index in [-0.39, 0.29) is 11.1 Å². The van der Waals surface area contributed by atoms with E-state index < -0.39 is 10.0 Å². The molecule has 2 rings (SSSR count). The largest absolute Gasteiger partial charge is 0.447 e. The Bertz CT molecular complexity index is 512. The third-order valence-electron chi connectivity index (χ3n) is 3.10. The molecule has 0 amide bonds. The second-order valence-corrected chi connectivity index (χ2v) is 6.48. The molecule has 0 radical (unpaired) electrons. The molecule has 0 saturated heterocycles. The van der Waals surface area contributed by atoms with Gasteiger partial charge in [-0.1, -0.05) is 6.92 Å². The summed E-state index contributed by atoms with van der Waals surface area (Å²) in [7, 11) is -1.88. The average molecular weight is 288 g/mol. The van der Waals surface area contributed by atoms with Gasteiger partial charge in [-0.2, -0.15) is 0 Å². The van der Waals surface area contributed by atoms with Gasteiger partial charge in [-0.05, 0) is 24.5 Å². The summed E-state index contributed by atoms with van der Waals surface area (Å²) >= 11 is 0. The van der Waals surface area contributed by atoms with Crippen LogP contribution in [0.2, 0.25) is 0 Å². The van der Waals surface area contributed by atoms with Crippen molar-refractivity contribution in [3.63, 3.8) is 0 Å². The van der Waals surface area contributed by atoms with Crippen LogP contribution < -0.4 is 10.0 Å². The maximum atomic E-state index is 12.0. The van der Waals surface area contributed by atoms with Crippen LogP contribution >= 0.6 is 0 Å². The standard InChI is InChI=1S/C12H20N2O4S/c1-9-7-11(9)14-19(15,16)12-4-3-10(18-12)8-13-5-6-17-2/h3-4,9,11,13-14H,5-8H2,1-2H3. The molecule has 1 saturated carbocycles. The molecule has 1 heterocycles. The Hall–Kier alpha value is -0.890. The first-order chi connectivity index (χ1) is 9.03. The summed E-state index contributed by atoms with van der Waals surface area (Å²) in [5, 5.41) is 3.08. The minimum atomic E-state index is -3.51. The van der Waals surface area contributed by atoms with Crippen molar-refractivity contribution in [2.24, 2.45) is 5.92 Å². The number of furan rings is 1. The molecule has 1 aliphatic rings. The molecular formula is C12H20N2O4S. The Morgan fingerprint density at radius 1 is 1.47 bits per heavy atom. The molecule has 19 heavy (non-hydrogen) atoms.